The van der Waals surface area contributed by atoms with Crippen molar-refractivity contribution in [2.45, 2.75) is 32.6 Å². The lowest BCUT2D eigenvalue weighted by Crippen LogP contribution is -2.19. The quantitative estimate of drug-likeness (QED) is 0.347. The molecule has 0 saturated carbocycles. The van der Waals surface area contributed by atoms with Gasteiger partial charge in [-0.15, -0.1) is 0 Å². The maximum absolute atomic E-state index is 5.21. The molecule has 7 rings (SSSR count). The SMILES string of the molecule is Cc1cc(C)c2c(C)cc3c4c2c1C1=Nc2cccc(c2C14)C3c1ccccc1. The molecule has 3 aliphatic rings. The molecule has 2 unspecified atom stereocenters. The van der Waals surface area contributed by atoms with Crippen LogP contribution in [0.1, 0.15) is 61.9 Å². The zero-order chi connectivity index (χ0) is 19.4. The lowest BCUT2D eigenvalue weighted by atomic mass is 9.70. The van der Waals surface area contributed by atoms with E-state index in [-0.39, 0.29) is 5.92 Å². The number of benzene rings is 4. The van der Waals surface area contributed by atoms with Gasteiger partial charge >= 0.3 is 0 Å². The van der Waals surface area contributed by atoms with Crippen molar-refractivity contribution in [1.82, 2.24) is 0 Å². The van der Waals surface area contributed by atoms with Gasteiger partial charge in [-0.2, -0.15) is 0 Å². The number of nitrogens with zero attached hydrogens (tertiary/aromatic N) is 1. The van der Waals surface area contributed by atoms with E-state index in [2.05, 4.69) is 81.4 Å². The molecule has 1 heterocycles. The molecule has 0 radical (unpaired) electrons. The third kappa shape index (κ3) is 1.71. The zero-order valence-electron chi connectivity index (χ0n) is 16.9. The molecular formula is C28H21N. The fourth-order valence-corrected chi connectivity index (χ4v) is 6.39. The predicted molar refractivity (Wildman–Crippen MR) is 120 cm³/mol. The Kier molecular flexibility index (Phi) is 2.73. The topological polar surface area (TPSA) is 12.4 Å². The number of rotatable bonds is 1. The summed E-state index contributed by atoms with van der Waals surface area (Å²) in [6, 6.07) is 22.6. The predicted octanol–water partition coefficient (Wildman–Crippen LogP) is 6.84. The molecule has 0 aromatic heterocycles. The van der Waals surface area contributed by atoms with Gasteiger partial charge in [0.25, 0.3) is 0 Å². The number of hydrogen-bond acceptors (Lipinski definition) is 1. The summed E-state index contributed by atoms with van der Waals surface area (Å²) < 4.78 is 0. The largest absolute Gasteiger partial charge is 0.251 e. The standard InChI is InChI=1S/C28H21N/c1-14-12-15(2)22-26-21(14)16(3)13-19-23(17-8-5-4-6-9-17)18-10-7-11-20-24(18)27(25(19)26)28(22)29-20/h4-13,23,27H,1-3H3. The highest BCUT2D eigenvalue weighted by atomic mass is 14.8. The van der Waals surface area contributed by atoms with Crippen LogP contribution in [0.3, 0.4) is 0 Å². The average molecular weight is 371 g/mol. The molecule has 1 nitrogen and oxygen atoms in total. The molecule has 0 spiro atoms. The molecule has 2 atom stereocenters. The Balaban J connectivity index is 1.72. The highest BCUT2D eigenvalue weighted by Gasteiger charge is 2.46. The number of aliphatic imine (C=N–C) groups is 1. The average Bonchev–Trinajstić information content (AvgIpc) is 3.24. The zero-order valence-corrected chi connectivity index (χ0v) is 16.9. The van der Waals surface area contributed by atoms with Crippen molar-refractivity contribution in [2.75, 3.05) is 0 Å². The summed E-state index contributed by atoms with van der Waals surface area (Å²) in [5.74, 6) is 0.594. The number of hydrogen-bond donors (Lipinski definition) is 0. The molecule has 29 heavy (non-hydrogen) atoms. The summed E-state index contributed by atoms with van der Waals surface area (Å²) in [7, 11) is 0. The van der Waals surface area contributed by atoms with Crippen LogP contribution >= 0.6 is 0 Å². The Morgan fingerprint density at radius 2 is 1.45 bits per heavy atom. The van der Waals surface area contributed by atoms with Crippen molar-refractivity contribution in [1.29, 1.82) is 0 Å². The lowest BCUT2D eigenvalue weighted by Gasteiger charge is -2.32. The second-order valence-electron chi connectivity index (χ2n) is 8.89. The Labute approximate surface area is 170 Å². The van der Waals surface area contributed by atoms with Crippen molar-refractivity contribution in [3.05, 3.63) is 111 Å². The van der Waals surface area contributed by atoms with E-state index in [1.54, 1.807) is 0 Å². The van der Waals surface area contributed by atoms with Crippen molar-refractivity contribution >= 4 is 22.2 Å². The first-order chi connectivity index (χ1) is 14.1. The van der Waals surface area contributed by atoms with Gasteiger partial charge in [0, 0.05) is 11.5 Å². The third-order valence-electron chi connectivity index (χ3n) is 7.29. The maximum atomic E-state index is 5.21. The summed E-state index contributed by atoms with van der Waals surface area (Å²) in [6.07, 6.45) is 0. The van der Waals surface area contributed by atoms with Crippen LogP contribution in [-0.4, -0.2) is 5.71 Å². The molecule has 0 amide bonds. The van der Waals surface area contributed by atoms with Crippen LogP contribution in [0.4, 0.5) is 5.69 Å². The van der Waals surface area contributed by atoms with Gasteiger partial charge in [-0.1, -0.05) is 54.6 Å². The van der Waals surface area contributed by atoms with Crippen LogP contribution in [0, 0.1) is 20.8 Å². The van der Waals surface area contributed by atoms with Gasteiger partial charge in [0.05, 0.1) is 17.3 Å². The van der Waals surface area contributed by atoms with Crippen LogP contribution in [-0.2, 0) is 0 Å². The van der Waals surface area contributed by atoms with Crippen LogP contribution in [0.2, 0.25) is 0 Å². The lowest BCUT2D eigenvalue weighted by molar-refractivity contribution is 0.879. The van der Waals surface area contributed by atoms with E-state index in [4.69, 9.17) is 4.99 Å². The Morgan fingerprint density at radius 1 is 0.655 bits per heavy atom. The Hall–Kier alpha value is -3.19. The van der Waals surface area contributed by atoms with Crippen LogP contribution < -0.4 is 0 Å². The molecule has 1 aliphatic heterocycles. The Morgan fingerprint density at radius 3 is 2.28 bits per heavy atom. The molecule has 1 heteroatoms. The van der Waals surface area contributed by atoms with Crippen molar-refractivity contribution < 1.29 is 0 Å². The third-order valence-corrected chi connectivity index (χ3v) is 7.29. The minimum absolute atomic E-state index is 0.279. The van der Waals surface area contributed by atoms with Crippen LogP contribution in [0.25, 0.3) is 10.8 Å². The summed E-state index contributed by atoms with van der Waals surface area (Å²) >= 11 is 0. The summed E-state index contributed by atoms with van der Waals surface area (Å²) in [5.41, 5.74) is 15.3. The van der Waals surface area contributed by atoms with Gasteiger partial charge in [0.2, 0.25) is 0 Å². The summed E-state index contributed by atoms with van der Waals surface area (Å²) in [5, 5.41) is 2.91. The van der Waals surface area contributed by atoms with Crippen LogP contribution in [0.15, 0.2) is 65.7 Å². The smallest absolute Gasteiger partial charge is 0.0678 e. The van der Waals surface area contributed by atoms with Gasteiger partial charge in [-0.3, -0.25) is 4.99 Å². The monoisotopic (exact) mass is 371 g/mol. The molecule has 4 aromatic rings. The number of fused-ring (bicyclic) bond motifs is 1. The van der Waals surface area contributed by atoms with E-state index in [1.165, 1.54) is 72.2 Å². The summed E-state index contributed by atoms with van der Waals surface area (Å²) in [4.78, 5) is 5.21. The van der Waals surface area contributed by atoms with Gasteiger partial charge < -0.3 is 0 Å². The molecule has 4 aromatic carbocycles. The van der Waals surface area contributed by atoms with Crippen LogP contribution in [0.5, 0.6) is 0 Å². The van der Waals surface area contributed by atoms with Gasteiger partial charge in [0.15, 0.2) is 0 Å². The molecule has 0 saturated heterocycles. The van der Waals surface area contributed by atoms with E-state index in [9.17, 15) is 0 Å². The first kappa shape index (κ1) is 15.7. The highest BCUT2D eigenvalue weighted by molar-refractivity contribution is 6.27. The maximum Gasteiger partial charge on any atom is 0.0678 e. The fraction of sp³-hybridized carbons (Fsp3) is 0.179. The van der Waals surface area contributed by atoms with Crippen molar-refractivity contribution in [3.8, 4) is 0 Å². The van der Waals surface area contributed by atoms with E-state index >= 15 is 0 Å². The van der Waals surface area contributed by atoms with Gasteiger partial charge in [-0.05, 0) is 82.1 Å². The molecule has 0 N–H and O–H groups in total. The van der Waals surface area contributed by atoms with E-state index in [1.807, 2.05) is 0 Å². The molecule has 0 bridgehead atoms. The van der Waals surface area contributed by atoms with Crippen molar-refractivity contribution in [3.63, 3.8) is 0 Å². The van der Waals surface area contributed by atoms with E-state index < -0.39 is 0 Å². The normalized spacial score (nSPS) is 19.8. The molecule has 2 aliphatic carbocycles. The van der Waals surface area contributed by atoms with E-state index in [0.29, 0.717) is 5.92 Å². The van der Waals surface area contributed by atoms with Gasteiger partial charge in [-0.25, -0.2) is 0 Å². The molecule has 138 valence electrons. The number of aryl methyl sites for hydroxylation is 3. The first-order valence-corrected chi connectivity index (χ1v) is 10.5. The minimum Gasteiger partial charge on any atom is -0.251 e. The molecular weight excluding hydrogens is 350 g/mol. The van der Waals surface area contributed by atoms with E-state index in [0.717, 1.165) is 0 Å². The second kappa shape index (κ2) is 5.04. The molecule has 0 fully saturated rings. The second-order valence-corrected chi connectivity index (χ2v) is 8.89. The van der Waals surface area contributed by atoms with Gasteiger partial charge in [0.1, 0.15) is 0 Å². The Bertz CT molecular complexity index is 1420. The fourth-order valence-electron chi connectivity index (χ4n) is 6.39. The van der Waals surface area contributed by atoms with Crippen molar-refractivity contribution in [2.24, 2.45) is 4.99 Å². The minimum atomic E-state index is 0.279. The highest BCUT2D eigenvalue weighted by Crippen LogP contribution is 2.59. The summed E-state index contributed by atoms with van der Waals surface area (Å²) in [6.45, 7) is 6.80. The first-order valence-electron chi connectivity index (χ1n) is 10.5.